The molecule has 1 aliphatic heterocycles. The van der Waals surface area contributed by atoms with Crippen LogP contribution in [-0.2, 0) is 48.0 Å². The molecule has 0 saturated carbocycles. The van der Waals surface area contributed by atoms with Gasteiger partial charge in [-0.15, -0.1) is 0 Å². The van der Waals surface area contributed by atoms with Crippen LogP contribution in [0, 0.1) is 5.92 Å². The summed E-state index contributed by atoms with van der Waals surface area (Å²) in [4.78, 5) is 88.1. The Labute approximate surface area is 393 Å². The van der Waals surface area contributed by atoms with Crippen LogP contribution < -0.4 is 16.0 Å². The van der Waals surface area contributed by atoms with Crippen LogP contribution in [0.4, 0.5) is 0 Å². The Morgan fingerprint density at radius 3 is 1.70 bits per heavy atom. The van der Waals surface area contributed by atoms with Crippen LogP contribution >= 0.6 is 0 Å². The summed E-state index contributed by atoms with van der Waals surface area (Å²) in [5, 5.41) is 59.3. The second-order valence-electron chi connectivity index (χ2n) is 17.9. The Kier molecular flexibility index (Phi) is 20.4. The molecule has 4 rings (SSSR count). The predicted octanol–water partition coefficient (Wildman–Crippen LogP) is 3.50. The van der Waals surface area contributed by atoms with E-state index in [0.717, 1.165) is 32.1 Å². The first kappa shape index (κ1) is 53.4. The summed E-state index contributed by atoms with van der Waals surface area (Å²) in [6.07, 6.45) is 4.44. The molecular weight excluding hydrogens is 861 g/mol. The van der Waals surface area contributed by atoms with Crippen molar-refractivity contribution in [2.45, 2.75) is 134 Å². The Bertz CT molecular complexity index is 2100. The van der Waals surface area contributed by atoms with E-state index in [9.17, 15) is 54.3 Å². The Morgan fingerprint density at radius 2 is 1.21 bits per heavy atom. The van der Waals surface area contributed by atoms with Crippen molar-refractivity contribution in [3.05, 3.63) is 89.5 Å². The Hall–Kier alpha value is -6.20. The molecular formula is C50H70N6O11. The average molecular weight is 931 g/mol. The highest BCUT2D eigenvalue weighted by atomic mass is 16.4. The van der Waals surface area contributed by atoms with Crippen molar-refractivity contribution in [1.82, 2.24) is 30.7 Å². The van der Waals surface area contributed by atoms with Gasteiger partial charge in [0.25, 0.3) is 5.91 Å². The fraction of sp³-hybridized carbons (Fsp3) is 0.520. The van der Waals surface area contributed by atoms with Gasteiger partial charge in [0.05, 0.1) is 0 Å². The summed E-state index contributed by atoms with van der Waals surface area (Å²) in [5.41, 5.74) is 1.72. The van der Waals surface area contributed by atoms with Crippen LogP contribution in [0.1, 0.15) is 88.8 Å². The van der Waals surface area contributed by atoms with Crippen molar-refractivity contribution in [2.75, 3.05) is 27.7 Å². The van der Waals surface area contributed by atoms with Crippen molar-refractivity contribution in [2.24, 2.45) is 5.92 Å². The number of amides is 5. The van der Waals surface area contributed by atoms with Gasteiger partial charge in [-0.2, -0.15) is 0 Å². The molecule has 3 aromatic carbocycles. The number of benzene rings is 3. The maximum absolute atomic E-state index is 14.9. The summed E-state index contributed by atoms with van der Waals surface area (Å²) in [6, 6.07) is 11.5. The topological polar surface area (TPSA) is 249 Å². The smallest absolute Gasteiger partial charge is 0.326 e. The molecule has 366 valence electrons. The summed E-state index contributed by atoms with van der Waals surface area (Å²) in [5.74, 6) is -5.14. The van der Waals surface area contributed by atoms with E-state index in [0.29, 0.717) is 29.5 Å². The minimum Gasteiger partial charge on any atom is -0.508 e. The molecule has 67 heavy (non-hydrogen) atoms. The van der Waals surface area contributed by atoms with Gasteiger partial charge in [0.1, 0.15) is 53.6 Å². The van der Waals surface area contributed by atoms with Gasteiger partial charge < -0.3 is 56.2 Å². The van der Waals surface area contributed by atoms with Crippen molar-refractivity contribution in [3.8, 4) is 17.2 Å². The highest BCUT2D eigenvalue weighted by Crippen LogP contribution is 2.25. The zero-order chi connectivity index (χ0) is 49.4. The molecule has 0 spiro atoms. The molecule has 0 unspecified atom stereocenters. The Balaban J connectivity index is 1.62. The molecule has 7 atom stereocenters. The number of unbranched alkanes of at least 4 members (excludes halogenated alkanes) is 4. The van der Waals surface area contributed by atoms with Gasteiger partial charge in [0.15, 0.2) is 0 Å². The summed E-state index contributed by atoms with van der Waals surface area (Å²) >= 11 is 0. The number of nitrogens with zero attached hydrogens (tertiary/aromatic N) is 3. The molecule has 0 aliphatic carbocycles. The molecule has 5 amide bonds. The number of likely N-dealkylation sites (tertiary alicyclic amines) is 1. The fourth-order valence-corrected chi connectivity index (χ4v) is 8.65. The SMILES string of the molecule is CCCCCCC[C@H](NC)[C@H](O)C(=O)N[C@@H](Cc1ccc(O)cc1)C(=O)N(C)[C@H](C(=O)N(C)[C@@H](Cc1ccc(O)cc1)C(=O)N1CCC[C@H]1C(=O)N[C@@H](Cc1ccc(O)cc1)C(=O)O)C(C)C. The van der Waals surface area contributed by atoms with E-state index in [1.54, 1.807) is 57.3 Å². The largest absolute Gasteiger partial charge is 0.508 e. The number of rotatable bonds is 25. The lowest BCUT2D eigenvalue weighted by molar-refractivity contribution is -0.153. The molecule has 17 heteroatoms. The molecule has 8 N–H and O–H groups in total. The van der Waals surface area contributed by atoms with Crippen LogP contribution in [0.15, 0.2) is 72.8 Å². The number of nitrogens with one attached hydrogen (secondary N) is 3. The minimum atomic E-state index is -1.50. The van der Waals surface area contributed by atoms with E-state index in [4.69, 9.17) is 0 Å². The van der Waals surface area contributed by atoms with Gasteiger partial charge in [0, 0.05) is 45.9 Å². The number of carboxylic acids is 1. The van der Waals surface area contributed by atoms with Crippen molar-refractivity contribution < 1.29 is 54.3 Å². The van der Waals surface area contributed by atoms with Crippen LogP contribution in [0.2, 0.25) is 0 Å². The van der Waals surface area contributed by atoms with E-state index in [1.165, 1.54) is 65.2 Å². The quantitative estimate of drug-likeness (QED) is 0.0569. The number of carbonyl (C=O) groups excluding carboxylic acids is 5. The number of phenolic OH excluding ortho intramolecular Hbond substituents is 3. The van der Waals surface area contributed by atoms with E-state index in [2.05, 4.69) is 22.9 Å². The maximum atomic E-state index is 14.9. The maximum Gasteiger partial charge on any atom is 0.326 e. The van der Waals surface area contributed by atoms with Gasteiger partial charge in [0.2, 0.25) is 23.6 Å². The summed E-state index contributed by atoms with van der Waals surface area (Å²) in [6.45, 7) is 5.74. The van der Waals surface area contributed by atoms with Gasteiger partial charge in [-0.25, -0.2) is 4.79 Å². The van der Waals surface area contributed by atoms with Gasteiger partial charge in [-0.05, 0) is 85.3 Å². The number of aromatic hydroxyl groups is 3. The monoisotopic (exact) mass is 931 g/mol. The average Bonchev–Trinajstić information content (AvgIpc) is 3.80. The lowest BCUT2D eigenvalue weighted by Crippen LogP contribution is -2.61. The van der Waals surface area contributed by atoms with Crippen molar-refractivity contribution in [1.29, 1.82) is 0 Å². The van der Waals surface area contributed by atoms with E-state index in [1.807, 2.05) is 0 Å². The van der Waals surface area contributed by atoms with Crippen molar-refractivity contribution >= 4 is 35.5 Å². The first-order chi connectivity index (χ1) is 31.9. The third-order valence-electron chi connectivity index (χ3n) is 12.6. The first-order valence-corrected chi connectivity index (χ1v) is 23.2. The molecule has 3 aromatic rings. The first-order valence-electron chi connectivity index (χ1n) is 23.2. The second-order valence-corrected chi connectivity index (χ2v) is 17.9. The lowest BCUT2D eigenvalue weighted by atomic mass is 9.96. The third-order valence-corrected chi connectivity index (χ3v) is 12.6. The van der Waals surface area contributed by atoms with Gasteiger partial charge in [-0.3, -0.25) is 24.0 Å². The molecule has 1 aliphatic rings. The molecule has 0 radical (unpaired) electrons. The number of aliphatic carboxylic acids is 1. The van der Waals surface area contributed by atoms with E-state index in [-0.39, 0.29) is 49.5 Å². The van der Waals surface area contributed by atoms with Crippen LogP contribution in [-0.4, -0.2) is 146 Å². The molecule has 1 heterocycles. The Morgan fingerprint density at radius 1 is 0.701 bits per heavy atom. The molecule has 1 saturated heterocycles. The van der Waals surface area contributed by atoms with E-state index >= 15 is 0 Å². The number of likely N-dealkylation sites (N-methyl/N-ethyl adjacent to an activating group) is 3. The highest BCUT2D eigenvalue weighted by molar-refractivity contribution is 5.97. The molecule has 0 aromatic heterocycles. The lowest BCUT2D eigenvalue weighted by Gasteiger charge is -2.39. The molecule has 1 fully saturated rings. The normalized spacial score (nSPS) is 16.3. The standard InChI is InChI=1S/C50H70N6O11/c1-7-8-9-10-11-13-38(51-4)44(60)46(62)52-39(28-32-15-21-35(57)22-16-32)47(63)55(6)43(31(2)3)49(65)54(5)42(30-34-19-25-37(59)26-20-34)48(64)56-27-12-14-41(56)45(61)53-40(50(66)67)29-33-17-23-36(58)24-18-33/h15-26,31,38-44,51,57-60H,7-14,27-30H2,1-6H3,(H,52,62)(H,53,61)(H,66,67)/t38-,39-,40-,41-,42-,43-,44-/m0/s1. The minimum absolute atomic E-state index is 0.000128. The zero-order valence-electron chi connectivity index (χ0n) is 39.6. The second kappa shape index (κ2) is 25.6. The van der Waals surface area contributed by atoms with Gasteiger partial charge in [-0.1, -0.05) is 89.3 Å². The summed E-state index contributed by atoms with van der Waals surface area (Å²) in [7, 11) is 4.53. The highest BCUT2D eigenvalue weighted by Gasteiger charge is 2.43. The van der Waals surface area contributed by atoms with Crippen LogP contribution in [0.3, 0.4) is 0 Å². The number of carboxylic acid groups (broad SMARTS) is 1. The van der Waals surface area contributed by atoms with Crippen molar-refractivity contribution in [3.63, 3.8) is 0 Å². The molecule has 0 bridgehead atoms. The zero-order valence-corrected chi connectivity index (χ0v) is 39.6. The van der Waals surface area contributed by atoms with E-state index < -0.39 is 83.8 Å². The fourth-order valence-electron chi connectivity index (χ4n) is 8.65. The number of carbonyl (C=O) groups is 6. The molecule has 17 nitrogen and oxygen atoms in total. The number of phenols is 3. The number of hydrogen-bond donors (Lipinski definition) is 8. The number of hydrogen-bond acceptors (Lipinski definition) is 11. The van der Waals surface area contributed by atoms with Gasteiger partial charge >= 0.3 is 5.97 Å². The van der Waals surface area contributed by atoms with Crippen LogP contribution in [0.25, 0.3) is 0 Å². The summed E-state index contributed by atoms with van der Waals surface area (Å²) < 4.78 is 0. The van der Waals surface area contributed by atoms with Crippen LogP contribution in [0.5, 0.6) is 17.2 Å². The predicted molar refractivity (Wildman–Crippen MR) is 252 cm³/mol. The number of aliphatic hydroxyl groups excluding tert-OH is 1. The third kappa shape index (κ3) is 15.2. The number of aliphatic hydroxyl groups is 1.